The highest BCUT2D eigenvalue weighted by molar-refractivity contribution is 6.37. The van der Waals surface area contributed by atoms with Gasteiger partial charge in [0.25, 0.3) is 0 Å². The summed E-state index contributed by atoms with van der Waals surface area (Å²) in [4.78, 5) is 11.9. The van der Waals surface area contributed by atoms with Crippen LogP contribution in [0.4, 0.5) is 13.2 Å². The van der Waals surface area contributed by atoms with E-state index in [9.17, 15) is 18.0 Å². The fraction of sp³-hybridized carbons (Fsp3) is 0.385. The van der Waals surface area contributed by atoms with Crippen molar-refractivity contribution in [3.8, 4) is 5.69 Å². The topological polar surface area (TPSA) is 48.0 Å². The Morgan fingerprint density at radius 1 is 1.14 bits per heavy atom. The first-order valence-electron chi connectivity index (χ1n) is 6.08. The fourth-order valence-corrected chi connectivity index (χ4v) is 2.30. The first-order valence-corrected chi connectivity index (χ1v) is 6.84. The molecule has 0 atom stereocenters. The van der Waals surface area contributed by atoms with Gasteiger partial charge in [-0.1, -0.05) is 44.0 Å². The van der Waals surface area contributed by atoms with Crippen LogP contribution in [0, 0.1) is 0 Å². The molecule has 4 nitrogen and oxygen atoms in total. The zero-order chi connectivity index (χ0) is 16.9. The number of hydrogen-bond donors (Lipinski definition) is 0. The van der Waals surface area contributed by atoms with Crippen molar-refractivity contribution in [2.24, 2.45) is 0 Å². The summed E-state index contributed by atoms with van der Waals surface area (Å²) < 4.78 is 43.9. The number of rotatable bonds is 1. The maximum atomic E-state index is 12.7. The van der Waals surface area contributed by atoms with Gasteiger partial charge in [0.1, 0.15) is 5.69 Å². The molecule has 0 radical (unpaired) electrons. The molecule has 0 amide bonds. The van der Waals surface area contributed by atoms with Crippen LogP contribution >= 0.6 is 23.2 Å². The molecule has 1 aromatic heterocycles. The summed E-state index contributed by atoms with van der Waals surface area (Å²) in [6.07, 6.45) is -4.60. The van der Waals surface area contributed by atoms with Crippen LogP contribution < -0.4 is 5.76 Å². The molecular formula is C13H11Cl2F3N2O2. The standard InChI is InChI=1S/C13H11Cl2F3N2O2/c1-12(2,3)10-19-20(11(21)22-10)9-7(14)4-6(5-8(9)15)13(16,17)18/h4-5H,1-3H3. The van der Waals surface area contributed by atoms with Gasteiger partial charge in [0, 0.05) is 5.41 Å². The Hall–Kier alpha value is -1.47. The molecule has 0 aliphatic rings. The van der Waals surface area contributed by atoms with Crippen molar-refractivity contribution in [3.63, 3.8) is 0 Å². The van der Waals surface area contributed by atoms with Gasteiger partial charge < -0.3 is 4.42 Å². The van der Waals surface area contributed by atoms with Crippen LogP contribution in [0.25, 0.3) is 5.69 Å². The SMILES string of the molecule is CC(C)(C)c1nn(-c2c(Cl)cc(C(F)(F)F)cc2Cl)c(=O)o1. The average Bonchev–Trinajstić information content (AvgIpc) is 2.69. The second-order valence-electron chi connectivity index (χ2n) is 5.62. The molecule has 0 fully saturated rings. The summed E-state index contributed by atoms with van der Waals surface area (Å²) in [5.41, 5.74) is -1.73. The molecule has 22 heavy (non-hydrogen) atoms. The van der Waals surface area contributed by atoms with Gasteiger partial charge in [-0.15, -0.1) is 5.10 Å². The van der Waals surface area contributed by atoms with Gasteiger partial charge in [-0.05, 0) is 12.1 Å². The van der Waals surface area contributed by atoms with Crippen molar-refractivity contribution >= 4 is 23.2 Å². The Kier molecular flexibility index (Phi) is 4.08. The van der Waals surface area contributed by atoms with Gasteiger partial charge in [-0.25, -0.2) is 4.79 Å². The lowest BCUT2D eigenvalue weighted by molar-refractivity contribution is -0.137. The van der Waals surface area contributed by atoms with Crippen molar-refractivity contribution < 1.29 is 17.6 Å². The third-order valence-electron chi connectivity index (χ3n) is 2.75. The average molecular weight is 355 g/mol. The third kappa shape index (κ3) is 3.15. The molecule has 1 aromatic carbocycles. The monoisotopic (exact) mass is 354 g/mol. The normalized spacial score (nSPS) is 12.7. The zero-order valence-corrected chi connectivity index (χ0v) is 13.3. The zero-order valence-electron chi connectivity index (χ0n) is 11.8. The van der Waals surface area contributed by atoms with Crippen LogP contribution in [0.15, 0.2) is 21.3 Å². The minimum Gasteiger partial charge on any atom is -0.391 e. The van der Waals surface area contributed by atoms with Crippen molar-refractivity contribution in [2.75, 3.05) is 0 Å². The molecule has 120 valence electrons. The summed E-state index contributed by atoms with van der Waals surface area (Å²) in [6.45, 7) is 5.29. The first kappa shape index (κ1) is 16.9. The Labute approximate surface area is 133 Å². The summed E-state index contributed by atoms with van der Waals surface area (Å²) in [7, 11) is 0. The Morgan fingerprint density at radius 2 is 1.64 bits per heavy atom. The number of nitrogens with zero attached hydrogens (tertiary/aromatic N) is 2. The van der Waals surface area contributed by atoms with E-state index in [1.807, 2.05) is 0 Å². The van der Waals surface area contributed by atoms with Gasteiger partial charge in [-0.2, -0.15) is 17.9 Å². The van der Waals surface area contributed by atoms with Crippen LogP contribution in [-0.2, 0) is 11.6 Å². The molecule has 0 unspecified atom stereocenters. The smallest absolute Gasteiger partial charge is 0.391 e. The predicted octanol–water partition coefficient (Wildman–Crippen LogP) is 4.45. The lowest BCUT2D eigenvalue weighted by atomic mass is 9.97. The van der Waals surface area contributed by atoms with E-state index in [0.717, 1.165) is 4.68 Å². The molecule has 0 spiro atoms. The van der Waals surface area contributed by atoms with E-state index < -0.39 is 22.9 Å². The van der Waals surface area contributed by atoms with E-state index >= 15 is 0 Å². The Balaban J connectivity index is 2.65. The van der Waals surface area contributed by atoms with Crippen molar-refractivity contribution in [1.82, 2.24) is 9.78 Å². The van der Waals surface area contributed by atoms with Crippen LogP contribution in [-0.4, -0.2) is 9.78 Å². The predicted molar refractivity (Wildman–Crippen MR) is 75.8 cm³/mol. The molecule has 0 N–H and O–H groups in total. The summed E-state index contributed by atoms with van der Waals surface area (Å²) >= 11 is 11.7. The minimum absolute atomic E-state index is 0.115. The third-order valence-corrected chi connectivity index (χ3v) is 3.32. The second kappa shape index (κ2) is 5.31. The van der Waals surface area contributed by atoms with E-state index in [1.165, 1.54) is 0 Å². The summed E-state index contributed by atoms with van der Waals surface area (Å²) in [6, 6.07) is 1.36. The van der Waals surface area contributed by atoms with Crippen LogP contribution in [0.2, 0.25) is 10.0 Å². The lowest BCUT2D eigenvalue weighted by Crippen LogP contribution is -2.16. The molecule has 0 aliphatic carbocycles. The molecule has 1 heterocycles. The largest absolute Gasteiger partial charge is 0.442 e. The molecule has 2 rings (SSSR count). The van der Waals surface area contributed by atoms with Crippen molar-refractivity contribution in [2.45, 2.75) is 32.4 Å². The minimum atomic E-state index is -4.60. The number of aromatic nitrogens is 2. The van der Waals surface area contributed by atoms with Gasteiger partial charge in [0.2, 0.25) is 5.89 Å². The maximum absolute atomic E-state index is 12.7. The Bertz CT molecular complexity index is 750. The van der Waals surface area contributed by atoms with Crippen LogP contribution in [0.1, 0.15) is 32.2 Å². The van der Waals surface area contributed by atoms with Gasteiger partial charge >= 0.3 is 11.9 Å². The van der Waals surface area contributed by atoms with Crippen molar-refractivity contribution in [3.05, 3.63) is 44.2 Å². The quantitative estimate of drug-likeness (QED) is 0.760. The van der Waals surface area contributed by atoms with Gasteiger partial charge in [0.15, 0.2) is 0 Å². The van der Waals surface area contributed by atoms with Crippen molar-refractivity contribution in [1.29, 1.82) is 0 Å². The van der Waals surface area contributed by atoms with E-state index in [1.54, 1.807) is 20.8 Å². The Morgan fingerprint density at radius 3 is 2.00 bits per heavy atom. The highest BCUT2D eigenvalue weighted by Gasteiger charge is 2.33. The highest BCUT2D eigenvalue weighted by atomic mass is 35.5. The number of halogens is 5. The van der Waals surface area contributed by atoms with E-state index in [-0.39, 0.29) is 21.6 Å². The number of benzene rings is 1. The van der Waals surface area contributed by atoms with E-state index in [4.69, 9.17) is 27.6 Å². The molecule has 9 heteroatoms. The molecule has 0 aliphatic heterocycles. The first-order chi connectivity index (χ1) is 9.91. The molecule has 2 aromatic rings. The van der Waals surface area contributed by atoms with Gasteiger partial charge in [0.05, 0.1) is 15.6 Å². The molecule has 0 bridgehead atoms. The number of hydrogen-bond acceptors (Lipinski definition) is 3. The molecule has 0 saturated carbocycles. The molecular weight excluding hydrogens is 344 g/mol. The summed E-state index contributed by atoms with van der Waals surface area (Å²) in [5, 5.41) is 3.25. The van der Waals surface area contributed by atoms with E-state index in [2.05, 4.69) is 5.10 Å². The fourth-order valence-electron chi connectivity index (χ4n) is 1.65. The lowest BCUT2D eigenvalue weighted by Gasteiger charge is -2.12. The van der Waals surface area contributed by atoms with E-state index in [0.29, 0.717) is 12.1 Å². The van der Waals surface area contributed by atoms with Crippen LogP contribution in [0.5, 0.6) is 0 Å². The molecule has 0 saturated heterocycles. The number of alkyl halides is 3. The van der Waals surface area contributed by atoms with Crippen LogP contribution in [0.3, 0.4) is 0 Å². The highest BCUT2D eigenvalue weighted by Crippen LogP contribution is 2.37. The summed E-state index contributed by atoms with van der Waals surface area (Å²) in [5.74, 6) is -0.766. The maximum Gasteiger partial charge on any atom is 0.442 e. The second-order valence-corrected chi connectivity index (χ2v) is 6.44. The van der Waals surface area contributed by atoms with Gasteiger partial charge in [-0.3, -0.25) is 0 Å².